The number of carbonyl (C=O) groups is 3. The first-order valence-corrected chi connectivity index (χ1v) is 9.79. The van der Waals surface area contributed by atoms with Crippen LogP contribution in [0.2, 0.25) is 0 Å². The van der Waals surface area contributed by atoms with E-state index in [2.05, 4.69) is 10.6 Å². The lowest BCUT2D eigenvalue weighted by molar-refractivity contribution is -0.136. The lowest BCUT2D eigenvalue weighted by atomic mass is 9.90. The Kier molecular flexibility index (Phi) is 4.97. The van der Waals surface area contributed by atoms with Gasteiger partial charge in [0.05, 0.1) is 0 Å². The number of benzene rings is 1. The number of hydrogen-bond donors (Lipinski definition) is 3. The third kappa shape index (κ3) is 3.49. The van der Waals surface area contributed by atoms with Crippen LogP contribution in [0.25, 0.3) is 0 Å². The van der Waals surface area contributed by atoms with Crippen molar-refractivity contribution < 1.29 is 14.4 Å². The first kappa shape index (κ1) is 18.1. The maximum absolute atomic E-state index is 13.1. The highest BCUT2D eigenvalue weighted by Crippen LogP contribution is 2.30. The Hall–Kier alpha value is -2.25. The van der Waals surface area contributed by atoms with Crippen LogP contribution in [-0.2, 0) is 22.7 Å². The van der Waals surface area contributed by atoms with Gasteiger partial charge in [0, 0.05) is 37.2 Å². The van der Waals surface area contributed by atoms with Gasteiger partial charge in [-0.3, -0.25) is 19.7 Å². The summed E-state index contributed by atoms with van der Waals surface area (Å²) in [5.41, 5.74) is 8.80. The zero-order chi connectivity index (χ0) is 19.0. The fourth-order valence-electron chi connectivity index (χ4n) is 4.49. The predicted molar refractivity (Wildman–Crippen MR) is 99.6 cm³/mol. The van der Waals surface area contributed by atoms with Gasteiger partial charge in [0.15, 0.2) is 0 Å². The summed E-state index contributed by atoms with van der Waals surface area (Å²) < 4.78 is 0. The van der Waals surface area contributed by atoms with Crippen molar-refractivity contribution in [2.24, 2.45) is 5.73 Å². The molecular formula is C20H26N4O3. The number of imide groups is 1. The van der Waals surface area contributed by atoms with Gasteiger partial charge in [0.25, 0.3) is 5.91 Å². The topological polar surface area (TPSA) is 105 Å². The van der Waals surface area contributed by atoms with Gasteiger partial charge in [-0.15, -0.1) is 0 Å². The van der Waals surface area contributed by atoms with E-state index < -0.39 is 6.04 Å². The normalized spacial score (nSPS) is 28.3. The summed E-state index contributed by atoms with van der Waals surface area (Å²) in [5, 5.41) is 5.87. The van der Waals surface area contributed by atoms with Crippen LogP contribution in [0.3, 0.4) is 0 Å². The number of carbonyl (C=O) groups excluding carboxylic acids is 3. The molecule has 1 aromatic rings. The summed E-state index contributed by atoms with van der Waals surface area (Å²) in [6, 6.07) is 5.72. The number of nitrogens with two attached hydrogens (primary N) is 1. The zero-order valence-corrected chi connectivity index (χ0v) is 15.4. The molecule has 0 radical (unpaired) electrons. The summed E-state index contributed by atoms with van der Waals surface area (Å²) >= 11 is 0. The number of nitrogens with zero attached hydrogens (tertiary/aromatic N) is 1. The van der Waals surface area contributed by atoms with E-state index in [9.17, 15) is 14.4 Å². The Bertz CT molecular complexity index is 778. The van der Waals surface area contributed by atoms with Gasteiger partial charge in [-0.05, 0) is 30.4 Å². The minimum atomic E-state index is -0.574. The smallest absolute Gasteiger partial charge is 0.255 e. The largest absolute Gasteiger partial charge is 0.326 e. The summed E-state index contributed by atoms with van der Waals surface area (Å²) in [7, 11) is 0. The summed E-state index contributed by atoms with van der Waals surface area (Å²) in [5.74, 6) is -0.765. The standard InChI is InChI=1S/C20H26N4O3/c21-14-6-1-2-7-15(14)22-10-12-4-3-5-13-11-24(20(27)18(12)13)16-8-9-17(25)23-19(16)26/h3-5,14-16,22H,1-2,6-11,21H2,(H,23,25,26)/t14-,15+,16?/m0/s1. The van der Waals surface area contributed by atoms with Crippen molar-refractivity contribution >= 4 is 17.7 Å². The van der Waals surface area contributed by atoms with Crippen LogP contribution in [-0.4, -0.2) is 40.7 Å². The molecule has 0 aromatic heterocycles. The molecule has 144 valence electrons. The van der Waals surface area contributed by atoms with Crippen LogP contribution in [0.1, 0.15) is 60.0 Å². The van der Waals surface area contributed by atoms with Crippen LogP contribution < -0.4 is 16.4 Å². The molecule has 1 saturated heterocycles. The quantitative estimate of drug-likeness (QED) is 0.680. The second-order valence-corrected chi connectivity index (χ2v) is 7.79. The van der Waals surface area contributed by atoms with Crippen molar-refractivity contribution in [3.8, 4) is 0 Å². The van der Waals surface area contributed by atoms with Crippen molar-refractivity contribution in [1.29, 1.82) is 0 Å². The van der Waals surface area contributed by atoms with E-state index in [1.165, 1.54) is 12.8 Å². The Morgan fingerprint density at radius 1 is 1.15 bits per heavy atom. The molecule has 0 spiro atoms. The van der Waals surface area contributed by atoms with Crippen LogP contribution in [0, 0.1) is 0 Å². The number of nitrogens with one attached hydrogen (secondary N) is 2. The molecule has 1 aromatic carbocycles. The van der Waals surface area contributed by atoms with Crippen LogP contribution in [0.4, 0.5) is 0 Å². The molecule has 2 aliphatic heterocycles. The number of amides is 3. The minimum Gasteiger partial charge on any atom is -0.326 e. The average molecular weight is 370 g/mol. The Balaban J connectivity index is 1.49. The summed E-state index contributed by atoms with van der Waals surface area (Å²) in [6.07, 6.45) is 5.11. The first-order valence-electron chi connectivity index (χ1n) is 9.79. The molecule has 3 amide bonds. The molecular weight excluding hydrogens is 344 g/mol. The van der Waals surface area contributed by atoms with E-state index in [1.54, 1.807) is 4.90 Å². The van der Waals surface area contributed by atoms with Crippen LogP contribution >= 0.6 is 0 Å². The van der Waals surface area contributed by atoms with E-state index in [0.29, 0.717) is 25.1 Å². The number of piperidine rings is 1. The molecule has 0 bridgehead atoms. The fourth-order valence-corrected chi connectivity index (χ4v) is 4.49. The average Bonchev–Trinajstić information content (AvgIpc) is 2.98. The van der Waals surface area contributed by atoms with Crippen LogP contribution in [0.15, 0.2) is 18.2 Å². The number of rotatable bonds is 4. The maximum atomic E-state index is 13.1. The lowest BCUT2D eigenvalue weighted by Crippen LogP contribution is -2.52. The lowest BCUT2D eigenvalue weighted by Gasteiger charge is -2.30. The van der Waals surface area contributed by atoms with E-state index in [1.807, 2.05) is 18.2 Å². The van der Waals surface area contributed by atoms with E-state index >= 15 is 0 Å². The highest BCUT2D eigenvalue weighted by Gasteiger charge is 2.40. The molecule has 27 heavy (non-hydrogen) atoms. The zero-order valence-electron chi connectivity index (χ0n) is 15.4. The highest BCUT2D eigenvalue weighted by atomic mass is 16.2. The fraction of sp³-hybridized carbons (Fsp3) is 0.550. The summed E-state index contributed by atoms with van der Waals surface area (Å²) in [6.45, 7) is 1.01. The second-order valence-electron chi connectivity index (χ2n) is 7.79. The van der Waals surface area contributed by atoms with Crippen molar-refractivity contribution in [1.82, 2.24) is 15.5 Å². The van der Waals surface area contributed by atoms with Gasteiger partial charge in [0.1, 0.15) is 6.04 Å². The van der Waals surface area contributed by atoms with Crippen molar-refractivity contribution in [2.45, 2.75) is 69.7 Å². The second kappa shape index (κ2) is 7.40. The molecule has 2 heterocycles. The van der Waals surface area contributed by atoms with Gasteiger partial charge in [0.2, 0.25) is 11.8 Å². The third-order valence-electron chi connectivity index (χ3n) is 6.01. The molecule has 4 N–H and O–H groups in total. The minimum absolute atomic E-state index is 0.121. The van der Waals surface area contributed by atoms with E-state index in [-0.39, 0.29) is 36.2 Å². The number of hydrogen-bond acceptors (Lipinski definition) is 5. The Morgan fingerprint density at radius 2 is 1.96 bits per heavy atom. The van der Waals surface area contributed by atoms with Crippen molar-refractivity contribution in [2.75, 3.05) is 0 Å². The molecule has 7 nitrogen and oxygen atoms in total. The van der Waals surface area contributed by atoms with Crippen molar-refractivity contribution in [3.63, 3.8) is 0 Å². The Labute approximate surface area is 158 Å². The first-order chi connectivity index (χ1) is 13.0. The van der Waals surface area contributed by atoms with Crippen LogP contribution in [0.5, 0.6) is 0 Å². The monoisotopic (exact) mass is 370 g/mol. The molecule has 1 unspecified atom stereocenters. The molecule has 1 aliphatic carbocycles. The molecule has 2 fully saturated rings. The third-order valence-corrected chi connectivity index (χ3v) is 6.01. The van der Waals surface area contributed by atoms with Gasteiger partial charge in [-0.25, -0.2) is 0 Å². The van der Waals surface area contributed by atoms with Crippen molar-refractivity contribution in [3.05, 3.63) is 34.9 Å². The maximum Gasteiger partial charge on any atom is 0.255 e. The molecule has 3 atom stereocenters. The highest BCUT2D eigenvalue weighted by molar-refractivity contribution is 6.05. The van der Waals surface area contributed by atoms with Gasteiger partial charge in [-0.2, -0.15) is 0 Å². The number of fused-ring (bicyclic) bond motifs is 1. The molecule has 4 rings (SSSR count). The van der Waals surface area contributed by atoms with E-state index in [4.69, 9.17) is 5.73 Å². The Morgan fingerprint density at radius 3 is 2.74 bits per heavy atom. The van der Waals surface area contributed by atoms with E-state index in [0.717, 1.165) is 24.0 Å². The van der Waals surface area contributed by atoms with Gasteiger partial charge in [-0.1, -0.05) is 31.0 Å². The molecule has 3 aliphatic rings. The van der Waals surface area contributed by atoms with Gasteiger partial charge < -0.3 is 16.0 Å². The molecule has 1 saturated carbocycles. The summed E-state index contributed by atoms with van der Waals surface area (Å²) in [4.78, 5) is 38.3. The van der Waals surface area contributed by atoms with Gasteiger partial charge >= 0.3 is 0 Å². The predicted octanol–water partition coefficient (Wildman–Crippen LogP) is 0.807. The molecule has 7 heteroatoms. The SMILES string of the molecule is N[C@H]1CCCC[C@H]1NCc1cccc2c1C(=O)N(C1CCC(=O)NC1=O)C2.